The average molecular weight is 465 g/mol. The zero-order chi connectivity index (χ0) is 25.2. The van der Waals surface area contributed by atoms with Crippen molar-refractivity contribution in [2.24, 2.45) is 5.92 Å². The van der Waals surface area contributed by atoms with E-state index in [0.717, 1.165) is 5.56 Å². The highest BCUT2D eigenvalue weighted by Crippen LogP contribution is 2.16. The van der Waals surface area contributed by atoms with E-state index < -0.39 is 46.9 Å². The van der Waals surface area contributed by atoms with E-state index in [-0.39, 0.29) is 19.4 Å². The first-order valence-electron chi connectivity index (χ1n) is 10.9. The van der Waals surface area contributed by atoms with Gasteiger partial charge in [0.25, 0.3) is 0 Å². The predicted octanol–water partition coefficient (Wildman–Crippen LogP) is 2.82. The lowest BCUT2D eigenvalue weighted by atomic mass is 9.99. The summed E-state index contributed by atoms with van der Waals surface area (Å²) in [5, 5.41) is 2.52. The number of hydrogen-bond acceptors (Lipinski definition) is 7. The van der Waals surface area contributed by atoms with Crippen molar-refractivity contribution in [2.45, 2.75) is 85.2 Å². The van der Waals surface area contributed by atoms with Gasteiger partial charge in [-0.05, 0) is 54.0 Å². The van der Waals surface area contributed by atoms with Crippen LogP contribution in [0.5, 0.6) is 0 Å². The quantitative estimate of drug-likeness (QED) is 0.403. The molecule has 0 aromatic heterocycles. The number of carbonyl (C=O) groups is 4. The summed E-state index contributed by atoms with van der Waals surface area (Å²) in [6.07, 6.45) is -0.662. The molecule has 0 aliphatic rings. The first-order chi connectivity index (χ1) is 15.2. The smallest absolute Gasteiger partial charge is 0.328 e. The van der Waals surface area contributed by atoms with E-state index in [4.69, 9.17) is 14.3 Å². The van der Waals surface area contributed by atoms with Gasteiger partial charge in [0.05, 0.1) is 17.9 Å². The van der Waals surface area contributed by atoms with Crippen LogP contribution in [0.15, 0.2) is 30.3 Å². The first-order valence-corrected chi connectivity index (χ1v) is 10.9. The Hall–Kier alpha value is -2.94. The molecule has 9 nitrogen and oxygen atoms in total. The summed E-state index contributed by atoms with van der Waals surface area (Å²) in [6.45, 7) is 11.9. The molecule has 2 amide bonds. The van der Waals surface area contributed by atoms with E-state index >= 15 is 0 Å². The number of carbonyl (C=O) groups excluding carboxylic acids is 4. The van der Waals surface area contributed by atoms with E-state index in [1.807, 2.05) is 30.3 Å². The maximum absolute atomic E-state index is 12.8. The Morgan fingerprint density at radius 1 is 0.909 bits per heavy atom. The number of benzene rings is 1. The van der Waals surface area contributed by atoms with Gasteiger partial charge in [0.15, 0.2) is 0 Å². The Bertz CT molecular complexity index is 810. The Kier molecular flexibility index (Phi) is 10.5. The van der Waals surface area contributed by atoms with Crippen molar-refractivity contribution in [3.05, 3.63) is 35.9 Å². The molecule has 0 fully saturated rings. The lowest BCUT2D eigenvalue weighted by Gasteiger charge is -2.23. The average Bonchev–Trinajstić information content (AvgIpc) is 2.68. The van der Waals surface area contributed by atoms with Crippen molar-refractivity contribution >= 4 is 23.8 Å². The third-order valence-electron chi connectivity index (χ3n) is 4.04. The summed E-state index contributed by atoms with van der Waals surface area (Å²) in [4.78, 5) is 54.9. The van der Waals surface area contributed by atoms with Crippen LogP contribution in [0.2, 0.25) is 0 Å². The lowest BCUT2D eigenvalue weighted by molar-refractivity contribution is -0.158. The van der Waals surface area contributed by atoms with Crippen LogP contribution in [0.25, 0.3) is 0 Å². The molecule has 1 aromatic carbocycles. The fourth-order valence-electron chi connectivity index (χ4n) is 2.56. The molecule has 184 valence electrons. The standard InChI is InChI=1S/C24H36N2O7/c1-16(22(30)31-15-17-11-9-8-10-12-17)25-21(29)18(14-20(28)32-23(2,3)4)13-19(27)26-33-24(5,6)7/h8-12,16,18H,13-15H2,1-7H3,(H,25,29)(H,26,27)/t16-,18+/m0/s1. The van der Waals surface area contributed by atoms with Gasteiger partial charge in [-0.2, -0.15) is 0 Å². The summed E-state index contributed by atoms with van der Waals surface area (Å²) in [5.41, 5.74) is 1.71. The minimum absolute atomic E-state index is 0.0633. The fraction of sp³-hybridized carbons (Fsp3) is 0.583. The number of hydrogen-bond donors (Lipinski definition) is 2. The van der Waals surface area contributed by atoms with Crippen LogP contribution < -0.4 is 10.8 Å². The van der Waals surface area contributed by atoms with E-state index in [9.17, 15) is 19.2 Å². The molecule has 0 bridgehead atoms. The van der Waals surface area contributed by atoms with Gasteiger partial charge in [0.1, 0.15) is 18.2 Å². The third-order valence-corrected chi connectivity index (χ3v) is 4.04. The minimum Gasteiger partial charge on any atom is -0.460 e. The summed E-state index contributed by atoms with van der Waals surface area (Å²) in [5.74, 6) is -3.55. The van der Waals surface area contributed by atoms with Crippen molar-refractivity contribution in [1.29, 1.82) is 0 Å². The van der Waals surface area contributed by atoms with Gasteiger partial charge in [-0.1, -0.05) is 30.3 Å². The third kappa shape index (κ3) is 12.6. The van der Waals surface area contributed by atoms with Gasteiger partial charge in [-0.3, -0.25) is 19.2 Å². The SMILES string of the molecule is C[C@H](NC(=O)[C@H](CC(=O)NOC(C)(C)C)CC(=O)OC(C)(C)C)C(=O)OCc1ccccc1. The van der Waals surface area contributed by atoms with Gasteiger partial charge < -0.3 is 14.8 Å². The molecule has 1 rings (SSSR count). The zero-order valence-electron chi connectivity index (χ0n) is 20.5. The second-order valence-corrected chi connectivity index (χ2v) is 9.75. The Balaban J connectivity index is 2.76. The highest BCUT2D eigenvalue weighted by Gasteiger charge is 2.30. The summed E-state index contributed by atoms with van der Waals surface area (Å²) >= 11 is 0. The monoisotopic (exact) mass is 464 g/mol. The molecule has 0 heterocycles. The highest BCUT2D eigenvalue weighted by molar-refractivity contribution is 5.91. The molecule has 2 atom stereocenters. The minimum atomic E-state index is -1.06. The van der Waals surface area contributed by atoms with Crippen LogP contribution >= 0.6 is 0 Å². The molecule has 0 spiro atoms. The van der Waals surface area contributed by atoms with Gasteiger partial charge in [0.2, 0.25) is 11.8 Å². The van der Waals surface area contributed by atoms with Crippen molar-refractivity contribution < 1.29 is 33.5 Å². The van der Waals surface area contributed by atoms with Gasteiger partial charge >= 0.3 is 11.9 Å². The molecule has 0 aliphatic carbocycles. The summed E-state index contributed by atoms with van der Waals surface area (Å²) in [6, 6.07) is 8.14. The number of hydroxylamine groups is 1. The Morgan fingerprint density at radius 2 is 1.52 bits per heavy atom. The van der Waals surface area contributed by atoms with Crippen molar-refractivity contribution in [2.75, 3.05) is 0 Å². The fourth-order valence-corrected chi connectivity index (χ4v) is 2.56. The predicted molar refractivity (Wildman–Crippen MR) is 121 cm³/mol. The highest BCUT2D eigenvalue weighted by atomic mass is 16.7. The summed E-state index contributed by atoms with van der Waals surface area (Å²) < 4.78 is 10.5. The number of ether oxygens (including phenoxy) is 2. The molecule has 0 radical (unpaired) electrons. The maximum Gasteiger partial charge on any atom is 0.328 e. The van der Waals surface area contributed by atoms with Crippen molar-refractivity contribution in [1.82, 2.24) is 10.8 Å². The molecule has 0 saturated carbocycles. The van der Waals surface area contributed by atoms with Crippen LogP contribution in [-0.2, 0) is 40.1 Å². The van der Waals surface area contributed by atoms with Crippen LogP contribution in [0.3, 0.4) is 0 Å². The van der Waals surface area contributed by atoms with E-state index in [1.54, 1.807) is 41.5 Å². The van der Waals surface area contributed by atoms with Crippen LogP contribution in [-0.4, -0.2) is 41.0 Å². The second-order valence-electron chi connectivity index (χ2n) is 9.75. The van der Waals surface area contributed by atoms with Gasteiger partial charge in [-0.25, -0.2) is 10.3 Å². The molecule has 0 saturated heterocycles. The summed E-state index contributed by atoms with van der Waals surface area (Å²) in [7, 11) is 0. The van der Waals surface area contributed by atoms with Crippen LogP contribution in [0.4, 0.5) is 0 Å². The molecule has 9 heteroatoms. The van der Waals surface area contributed by atoms with Gasteiger partial charge in [0, 0.05) is 6.42 Å². The maximum atomic E-state index is 12.8. The van der Waals surface area contributed by atoms with Crippen LogP contribution in [0.1, 0.15) is 66.9 Å². The van der Waals surface area contributed by atoms with Crippen LogP contribution in [0, 0.1) is 5.92 Å². The molecule has 33 heavy (non-hydrogen) atoms. The second kappa shape index (κ2) is 12.3. The number of amides is 2. The molecule has 0 unspecified atom stereocenters. The topological polar surface area (TPSA) is 120 Å². The largest absolute Gasteiger partial charge is 0.460 e. The molecule has 0 aliphatic heterocycles. The Morgan fingerprint density at radius 3 is 2.06 bits per heavy atom. The molecule has 1 aromatic rings. The van der Waals surface area contributed by atoms with Gasteiger partial charge in [-0.15, -0.1) is 0 Å². The normalized spacial score (nSPS) is 13.4. The molecular formula is C24H36N2O7. The Labute approximate surface area is 195 Å². The lowest BCUT2D eigenvalue weighted by Crippen LogP contribution is -2.45. The van der Waals surface area contributed by atoms with E-state index in [0.29, 0.717) is 0 Å². The number of esters is 2. The number of nitrogens with one attached hydrogen (secondary N) is 2. The number of rotatable bonds is 10. The van der Waals surface area contributed by atoms with Crippen molar-refractivity contribution in [3.63, 3.8) is 0 Å². The van der Waals surface area contributed by atoms with Crippen molar-refractivity contribution in [3.8, 4) is 0 Å². The molecular weight excluding hydrogens is 428 g/mol. The first kappa shape index (κ1) is 28.1. The zero-order valence-corrected chi connectivity index (χ0v) is 20.5. The van der Waals surface area contributed by atoms with E-state index in [1.165, 1.54) is 6.92 Å². The molecule has 2 N–H and O–H groups in total. The van der Waals surface area contributed by atoms with E-state index in [2.05, 4.69) is 10.8 Å².